The summed E-state index contributed by atoms with van der Waals surface area (Å²) in [6, 6.07) is 2.83. The third-order valence-corrected chi connectivity index (χ3v) is 4.89. The van der Waals surface area contributed by atoms with E-state index in [1.165, 1.54) is 7.11 Å². The number of nitrogens with one attached hydrogen (secondary N) is 2. The Morgan fingerprint density at radius 3 is 2.67 bits per heavy atom. The van der Waals surface area contributed by atoms with Crippen LogP contribution in [-0.4, -0.2) is 44.7 Å². The Hall–Kier alpha value is -1.54. The van der Waals surface area contributed by atoms with Crippen molar-refractivity contribution in [3.8, 4) is 5.75 Å². The summed E-state index contributed by atoms with van der Waals surface area (Å²) < 4.78 is 10.5. The fourth-order valence-corrected chi connectivity index (χ4v) is 3.00. The number of carbonyl (C=O) groups is 2. The minimum Gasteiger partial charge on any atom is -0.495 e. The van der Waals surface area contributed by atoms with Gasteiger partial charge in [0.15, 0.2) is 0 Å². The van der Waals surface area contributed by atoms with E-state index in [-0.39, 0.29) is 43.1 Å². The number of methoxy groups -OCH3 is 1. The number of ether oxygens (including phenoxy) is 2. The normalized spacial score (nSPS) is 15.4. The van der Waals surface area contributed by atoms with Gasteiger partial charge in [-0.15, -0.1) is 12.4 Å². The molecule has 1 aromatic carbocycles. The van der Waals surface area contributed by atoms with Gasteiger partial charge in [0.2, 0.25) is 11.8 Å². The van der Waals surface area contributed by atoms with Gasteiger partial charge in [0.25, 0.3) is 0 Å². The van der Waals surface area contributed by atoms with Crippen LogP contribution in [0.2, 0.25) is 5.02 Å². The van der Waals surface area contributed by atoms with Gasteiger partial charge in [-0.05, 0) is 37.3 Å². The van der Waals surface area contributed by atoms with Crippen LogP contribution in [0.5, 0.6) is 5.75 Å². The molecule has 0 saturated carbocycles. The molecule has 1 atom stereocenters. The molecule has 1 saturated heterocycles. The molecule has 1 aliphatic heterocycles. The maximum Gasteiger partial charge on any atom is 0.237 e. The number of rotatable bonds is 7. The van der Waals surface area contributed by atoms with E-state index in [2.05, 4.69) is 10.6 Å². The molecule has 4 N–H and O–H groups in total. The first-order valence-corrected chi connectivity index (χ1v) is 9.05. The highest BCUT2D eigenvalue weighted by atomic mass is 35.5. The minimum absolute atomic E-state index is 0. The summed E-state index contributed by atoms with van der Waals surface area (Å²) in [4.78, 5) is 24.3. The van der Waals surface area contributed by atoms with Crippen molar-refractivity contribution in [2.45, 2.75) is 32.2 Å². The average molecular weight is 420 g/mol. The van der Waals surface area contributed by atoms with Gasteiger partial charge in [-0.25, -0.2) is 0 Å². The topological polar surface area (TPSA) is 103 Å². The summed E-state index contributed by atoms with van der Waals surface area (Å²) in [5.74, 6) is 0.146. The van der Waals surface area contributed by atoms with Crippen molar-refractivity contribution in [1.29, 1.82) is 0 Å². The summed E-state index contributed by atoms with van der Waals surface area (Å²) >= 11 is 6.05. The van der Waals surface area contributed by atoms with Crippen molar-refractivity contribution in [2.24, 2.45) is 11.7 Å². The number of hydrogen-bond donors (Lipinski definition) is 3. The Morgan fingerprint density at radius 1 is 1.37 bits per heavy atom. The van der Waals surface area contributed by atoms with Crippen molar-refractivity contribution >= 4 is 41.5 Å². The average Bonchev–Trinajstić information content (AvgIpc) is 2.64. The lowest BCUT2D eigenvalue weighted by molar-refractivity contribution is -0.124. The number of halogens is 2. The standard InChI is InChI=1S/C18H26ClN3O4.ClH/c1-11-9-14(15(25-2)10-13(11)19)22-16(23)3-6-21-18(24)17(20)12-4-7-26-8-5-12;/h9-10,12,17H,3-8,20H2,1-2H3,(H,21,24)(H,22,23);1H. The van der Waals surface area contributed by atoms with Crippen molar-refractivity contribution in [1.82, 2.24) is 5.32 Å². The van der Waals surface area contributed by atoms with E-state index in [4.69, 9.17) is 26.8 Å². The van der Waals surface area contributed by atoms with Gasteiger partial charge in [0.1, 0.15) is 5.75 Å². The largest absolute Gasteiger partial charge is 0.495 e. The highest BCUT2D eigenvalue weighted by molar-refractivity contribution is 6.31. The van der Waals surface area contributed by atoms with Crippen LogP contribution in [0.4, 0.5) is 5.69 Å². The molecule has 0 radical (unpaired) electrons. The van der Waals surface area contributed by atoms with Crippen LogP contribution in [-0.2, 0) is 14.3 Å². The minimum atomic E-state index is -0.569. The predicted octanol–water partition coefficient (Wildman–Crippen LogP) is 2.28. The molecule has 9 heteroatoms. The zero-order valence-electron chi connectivity index (χ0n) is 15.5. The quantitative estimate of drug-likeness (QED) is 0.628. The molecule has 0 aliphatic carbocycles. The highest BCUT2D eigenvalue weighted by Gasteiger charge is 2.26. The number of carbonyl (C=O) groups excluding carboxylic acids is 2. The molecule has 2 rings (SSSR count). The molecular weight excluding hydrogens is 393 g/mol. The summed E-state index contributed by atoms with van der Waals surface area (Å²) in [5.41, 5.74) is 7.38. The predicted molar refractivity (Wildman–Crippen MR) is 108 cm³/mol. The molecule has 1 heterocycles. The molecule has 1 fully saturated rings. The Bertz CT molecular complexity index is 652. The lowest BCUT2D eigenvalue weighted by Gasteiger charge is -2.26. The van der Waals surface area contributed by atoms with Gasteiger partial charge in [0, 0.05) is 37.3 Å². The molecule has 1 aliphatic rings. The molecule has 2 amide bonds. The number of aryl methyl sites for hydroxylation is 1. The van der Waals surface area contributed by atoms with E-state index < -0.39 is 6.04 Å². The first kappa shape index (κ1) is 23.5. The smallest absolute Gasteiger partial charge is 0.237 e. The van der Waals surface area contributed by atoms with Crippen LogP contribution in [0.1, 0.15) is 24.8 Å². The fourth-order valence-electron chi connectivity index (χ4n) is 2.85. The first-order chi connectivity index (χ1) is 12.4. The molecule has 1 aromatic rings. The SMILES string of the molecule is COc1cc(Cl)c(C)cc1NC(=O)CCNC(=O)C(N)C1CCOCC1.Cl. The number of anilines is 1. The maximum atomic E-state index is 12.1. The zero-order valence-corrected chi connectivity index (χ0v) is 17.1. The summed E-state index contributed by atoms with van der Waals surface area (Å²) in [6.45, 7) is 3.33. The Morgan fingerprint density at radius 2 is 2.04 bits per heavy atom. The number of hydrogen-bond acceptors (Lipinski definition) is 5. The van der Waals surface area contributed by atoms with Gasteiger partial charge in [-0.1, -0.05) is 11.6 Å². The molecule has 0 aromatic heterocycles. The second kappa shape index (κ2) is 11.3. The van der Waals surface area contributed by atoms with Crippen LogP contribution in [0.3, 0.4) is 0 Å². The van der Waals surface area contributed by atoms with Crippen molar-refractivity contribution in [2.75, 3.05) is 32.2 Å². The van der Waals surface area contributed by atoms with Crippen molar-refractivity contribution < 1.29 is 19.1 Å². The number of benzene rings is 1. The van der Waals surface area contributed by atoms with Crippen LogP contribution in [0, 0.1) is 12.8 Å². The maximum absolute atomic E-state index is 12.1. The van der Waals surface area contributed by atoms with Gasteiger partial charge < -0.3 is 25.8 Å². The number of amides is 2. The van der Waals surface area contributed by atoms with Gasteiger partial charge >= 0.3 is 0 Å². The van der Waals surface area contributed by atoms with E-state index in [0.29, 0.717) is 29.7 Å². The molecule has 0 spiro atoms. The van der Waals surface area contributed by atoms with Crippen LogP contribution in [0.25, 0.3) is 0 Å². The summed E-state index contributed by atoms with van der Waals surface area (Å²) in [5, 5.41) is 6.07. The molecule has 7 nitrogen and oxygen atoms in total. The molecule has 27 heavy (non-hydrogen) atoms. The third kappa shape index (κ3) is 6.84. The second-order valence-corrected chi connectivity index (χ2v) is 6.77. The van der Waals surface area contributed by atoms with Gasteiger partial charge in [-0.3, -0.25) is 9.59 Å². The van der Waals surface area contributed by atoms with Crippen molar-refractivity contribution in [3.63, 3.8) is 0 Å². The van der Waals surface area contributed by atoms with E-state index in [1.54, 1.807) is 12.1 Å². The second-order valence-electron chi connectivity index (χ2n) is 6.37. The Labute approximate surface area is 170 Å². The van der Waals surface area contributed by atoms with Crippen LogP contribution in [0.15, 0.2) is 12.1 Å². The van der Waals surface area contributed by atoms with Crippen molar-refractivity contribution in [3.05, 3.63) is 22.7 Å². The molecule has 0 bridgehead atoms. The Kier molecular flexibility index (Phi) is 9.87. The first-order valence-electron chi connectivity index (χ1n) is 8.67. The lowest BCUT2D eigenvalue weighted by atomic mass is 9.92. The zero-order chi connectivity index (χ0) is 19.1. The molecule has 1 unspecified atom stereocenters. The highest BCUT2D eigenvalue weighted by Crippen LogP contribution is 2.30. The van der Waals surface area contributed by atoms with E-state index in [0.717, 1.165) is 18.4 Å². The third-order valence-electron chi connectivity index (χ3n) is 4.48. The molecular formula is C18H27Cl2N3O4. The van der Waals surface area contributed by atoms with Gasteiger partial charge in [-0.2, -0.15) is 0 Å². The van der Waals surface area contributed by atoms with E-state index in [1.807, 2.05) is 6.92 Å². The number of nitrogens with two attached hydrogens (primary N) is 1. The van der Waals surface area contributed by atoms with E-state index in [9.17, 15) is 9.59 Å². The fraction of sp³-hybridized carbons (Fsp3) is 0.556. The van der Waals surface area contributed by atoms with Gasteiger partial charge in [0.05, 0.1) is 18.8 Å². The molecule has 152 valence electrons. The Balaban J connectivity index is 0.00000364. The summed E-state index contributed by atoms with van der Waals surface area (Å²) in [7, 11) is 1.51. The summed E-state index contributed by atoms with van der Waals surface area (Å²) in [6.07, 6.45) is 1.70. The van der Waals surface area contributed by atoms with Crippen LogP contribution >= 0.6 is 24.0 Å². The van der Waals surface area contributed by atoms with Crippen LogP contribution < -0.4 is 21.1 Å². The lowest BCUT2D eigenvalue weighted by Crippen LogP contribution is -2.47. The van der Waals surface area contributed by atoms with E-state index >= 15 is 0 Å². The monoisotopic (exact) mass is 419 g/mol.